The SMILES string of the molecule is Cn1c(C2CC2)nc2cc(N)cnc21. The van der Waals surface area contributed by atoms with Crippen LogP contribution in [0.1, 0.15) is 24.6 Å². The average Bonchev–Trinajstić information content (AvgIpc) is 2.93. The number of hydrogen-bond donors (Lipinski definition) is 1. The highest BCUT2D eigenvalue weighted by atomic mass is 15.1. The first kappa shape index (κ1) is 7.79. The molecule has 14 heavy (non-hydrogen) atoms. The third-order valence-electron chi connectivity index (χ3n) is 2.71. The van der Waals surface area contributed by atoms with Crippen LogP contribution in [0.2, 0.25) is 0 Å². The molecule has 2 aromatic rings. The molecule has 1 aliphatic carbocycles. The average molecular weight is 188 g/mol. The van der Waals surface area contributed by atoms with Gasteiger partial charge in [-0.25, -0.2) is 9.97 Å². The van der Waals surface area contributed by atoms with E-state index in [1.165, 1.54) is 12.8 Å². The van der Waals surface area contributed by atoms with Gasteiger partial charge < -0.3 is 10.3 Å². The van der Waals surface area contributed by atoms with Gasteiger partial charge in [0.05, 0.1) is 11.9 Å². The zero-order valence-electron chi connectivity index (χ0n) is 8.07. The molecule has 1 saturated carbocycles. The quantitative estimate of drug-likeness (QED) is 0.736. The number of pyridine rings is 1. The Kier molecular flexibility index (Phi) is 1.37. The van der Waals surface area contributed by atoms with Gasteiger partial charge in [-0.05, 0) is 18.9 Å². The van der Waals surface area contributed by atoms with E-state index in [1.54, 1.807) is 6.20 Å². The minimum absolute atomic E-state index is 0.649. The van der Waals surface area contributed by atoms with Crippen LogP contribution >= 0.6 is 0 Å². The minimum atomic E-state index is 0.649. The van der Waals surface area contributed by atoms with Crippen LogP contribution in [0.4, 0.5) is 5.69 Å². The normalized spacial score (nSPS) is 16.4. The Hall–Kier alpha value is -1.58. The monoisotopic (exact) mass is 188 g/mol. The van der Waals surface area contributed by atoms with Crippen LogP contribution in [0.5, 0.6) is 0 Å². The van der Waals surface area contributed by atoms with E-state index in [2.05, 4.69) is 14.5 Å². The van der Waals surface area contributed by atoms with Crippen molar-refractivity contribution in [2.45, 2.75) is 18.8 Å². The summed E-state index contributed by atoms with van der Waals surface area (Å²) in [5, 5.41) is 0. The zero-order chi connectivity index (χ0) is 9.71. The van der Waals surface area contributed by atoms with Gasteiger partial charge in [0.15, 0.2) is 5.65 Å². The number of imidazole rings is 1. The molecule has 0 aliphatic heterocycles. The van der Waals surface area contributed by atoms with Gasteiger partial charge in [0.1, 0.15) is 11.3 Å². The van der Waals surface area contributed by atoms with E-state index in [0.29, 0.717) is 11.6 Å². The summed E-state index contributed by atoms with van der Waals surface area (Å²) in [6.45, 7) is 0. The molecule has 4 nitrogen and oxygen atoms in total. The molecule has 3 rings (SSSR count). The first-order valence-corrected chi connectivity index (χ1v) is 4.83. The van der Waals surface area contributed by atoms with Crippen molar-refractivity contribution in [2.75, 3.05) is 5.73 Å². The van der Waals surface area contributed by atoms with Gasteiger partial charge in [-0.1, -0.05) is 0 Å². The summed E-state index contributed by atoms with van der Waals surface area (Å²) in [4.78, 5) is 8.84. The Bertz CT molecular complexity index is 496. The fourth-order valence-electron chi connectivity index (χ4n) is 1.82. The molecular weight excluding hydrogens is 176 g/mol. The summed E-state index contributed by atoms with van der Waals surface area (Å²) in [5.74, 6) is 1.80. The molecule has 0 unspecified atom stereocenters. The smallest absolute Gasteiger partial charge is 0.159 e. The maximum absolute atomic E-state index is 5.66. The summed E-state index contributed by atoms with van der Waals surface area (Å²) in [6.07, 6.45) is 4.19. The van der Waals surface area contributed by atoms with Gasteiger partial charge in [-0.2, -0.15) is 0 Å². The van der Waals surface area contributed by atoms with Crippen LogP contribution in [0.15, 0.2) is 12.3 Å². The third kappa shape index (κ3) is 0.999. The number of nitrogens with two attached hydrogens (primary N) is 1. The van der Waals surface area contributed by atoms with Crippen LogP contribution in [0.25, 0.3) is 11.2 Å². The summed E-state index contributed by atoms with van der Waals surface area (Å²) in [5.41, 5.74) is 8.18. The second-order valence-corrected chi connectivity index (χ2v) is 3.91. The number of nitrogens with zero attached hydrogens (tertiary/aromatic N) is 3. The molecule has 1 aliphatic rings. The molecule has 1 fully saturated rings. The van der Waals surface area contributed by atoms with Crippen molar-refractivity contribution in [1.82, 2.24) is 14.5 Å². The number of rotatable bonds is 1. The molecule has 2 aromatic heterocycles. The fourth-order valence-corrected chi connectivity index (χ4v) is 1.82. The highest BCUT2D eigenvalue weighted by Crippen LogP contribution is 2.40. The Labute approximate surface area is 81.8 Å². The third-order valence-corrected chi connectivity index (χ3v) is 2.71. The predicted molar refractivity (Wildman–Crippen MR) is 54.9 cm³/mol. The topological polar surface area (TPSA) is 56.7 Å². The maximum Gasteiger partial charge on any atom is 0.159 e. The van der Waals surface area contributed by atoms with Gasteiger partial charge in [0.2, 0.25) is 0 Å². The predicted octanol–water partition coefficient (Wildman–Crippen LogP) is 1.43. The lowest BCUT2D eigenvalue weighted by atomic mass is 10.4. The number of anilines is 1. The second kappa shape index (κ2) is 2.47. The van der Waals surface area contributed by atoms with E-state index in [0.717, 1.165) is 17.0 Å². The van der Waals surface area contributed by atoms with Crippen LogP contribution < -0.4 is 5.73 Å². The summed E-state index contributed by atoms with van der Waals surface area (Å²) in [7, 11) is 2.02. The number of nitrogen functional groups attached to an aromatic ring is 1. The van der Waals surface area contributed by atoms with Crippen molar-refractivity contribution < 1.29 is 0 Å². The van der Waals surface area contributed by atoms with Gasteiger partial charge in [-0.15, -0.1) is 0 Å². The Morgan fingerprint density at radius 3 is 3.00 bits per heavy atom. The first-order valence-electron chi connectivity index (χ1n) is 4.83. The highest BCUT2D eigenvalue weighted by Gasteiger charge is 2.28. The van der Waals surface area contributed by atoms with Crippen molar-refractivity contribution in [3.8, 4) is 0 Å². The molecule has 0 radical (unpaired) electrons. The highest BCUT2D eigenvalue weighted by molar-refractivity contribution is 5.75. The number of fused-ring (bicyclic) bond motifs is 1. The Morgan fingerprint density at radius 1 is 1.50 bits per heavy atom. The molecule has 0 spiro atoms. The van der Waals surface area contributed by atoms with Gasteiger partial charge in [-0.3, -0.25) is 0 Å². The summed E-state index contributed by atoms with van der Waals surface area (Å²) in [6, 6.07) is 1.88. The molecule has 4 heteroatoms. The number of aromatic nitrogens is 3. The standard InChI is InChI=1S/C10H12N4/c1-14-9(6-2-3-6)13-8-4-7(11)5-12-10(8)14/h4-6H,2-3,11H2,1H3. The molecule has 0 amide bonds. The molecule has 2 heterocycles. The molecule has 0 atom stereocenters. The Morgan fingerprint density at radius 2 is 2.29 bits per heavy atom. The molecule has 0 saturated heterocycles. The van der Waals surface area contributed by atoms with E-state index in [9.17, 15) is 0 Å². The van der Waals surface area contributed by atoms with Gasteiger partial charge >= 0.3 is 0 Å². The van der Waals surface area contributed by atoms with Crippen LogP contribution in [-0.2, 0) is 7.05 Å². The lowest BCUT2D eigenvalue weighted by Gasteiger charge is -1.97. The molecule has 72 valence electrons. The van der Waals surface area contributed by atoms with Gasteiger partial charge in [0, 0.05) is 13.0 Å². The zero-order valence-corrected chi connectivity index (χ0v) is 8.07. The van der Waals surface area contributed by atoms with Crippen molar-refractivity contribution in [2.24, 2.45) is 7.05 Å². The molecule has 0 bridgehead atoms. The lowest BCUT2D eigenvalue weighted by Crippen LogP contribution is -1.96. The number of aryl methyl sites for hydroxylation is 1. The minimum Gasteiger partial charge on any atom is -0.397 e. The van der Waals surface area contributed by atoms with Crippen molar-refractivity contribution in [1.29, 1.82) is 0 Å². The largest absolute Gasteiger partial charge is 0.397 e. The van der Waals surface area contributed by atoms with Crippen molar-refractivity contribution in [3.05, 3.63) is 18.1 Å². The van der Waals surface area contributed by atoms with Crippen LogP contribution in [0, 0.1) is 0 Å². The number of hydrogen-bond acceptors (Lipinski definition) is 3. The Balaban J connectivity index is 2.28. The maximum atomic E-state index is 5.66. The van der Waals surface area contributed by atoms with E-state index < -0.39 is 0 Å². The summed E-state index contributed by atoms with van der Waals surface area (Å²) < 4.78 is 2.08. The molecular formula is C10H12N4. The fraction of sp³-hybridized carbons (Fsp3) is 0.400. The van der Waals surface area contributed by atoms with Gasteiger partial charge in [0.25, 0.3) is 0 Å². The van der Waals surface area contributed by atoms with E-state index >= 15 is 0 Å². The second-order valence-electron chi connectivity index (χ2n) is 3.91. The van der Waals surface area contributed by atoms with Crippen molar-refractivity contribution >= 4 is 16.9 Å². The molecule has 0 aromatic carbocycles. The van der Waals surface area contributed by atoms with E-state index in [4.69, 9.17) is 5.73 Å². The van der Waals surface area contributed by atoms with Crippen molar-refractivity contribution in [3.63, 3.8) is 0 Å². The van der Waals surface area contributed by atoms with Crippen LogP contribution in [-0.4, -0.2) is 14.5 Å². The lowest BCUT2D eigenvalue weighted by molar-refractivity contribution is 0.812. The van der Waals surface area contributed by atoms with Crippen LogP contribution in [0.3, 0.4) is 0 Å². The molecule has 2 N–H and O–H groups in total. The first-order chi connectivity index (χ1) is 6.75. The van der Waals surface area contributed by atoms with E-state index in [1.807, 2.05) is 13.1 Å². The van der Waals surface area contributed by atoms with E-state index in [-0.39, 0.29) is 0 Å². The summed E-state index contributed by atoms with van der Waals surface area (Å²) >= 11 is 0.